The number of piperidine rings is 2. The lowest BCUT2D eigenvalue weighted by Crippen LogP contribution is -2.33. The second-order valence-electron chi connectivity index (χ2n) is 9.07. The van der Waals surface area contributed by atoms with Gasteiger partial charge in [0.05, 0.1) is 0 Å². The van der Waals surface area contributed by atoms with E-state index < -0.39 is 5.82 Å². The van der Waals surface area contributed by atoms with E-state index in [1.165, 1.54) is 43.9 Å². The first kappa shape index (κ1) is 22.6. The average Bonchev–Trinajstić information content (AvgIpc) is 2.82. The summed E-state index contributed by atoms with van der Waals surface area (Å²) < 4.78 is 20.1. The molecule has 0 spiro atoms. The third kappa shape index (κ3) is 6.00. The molecule has 0 atom stereocenters. The fourth-order valence-electron chi connectivity index (χ4n) is 4.45. The molecule has 6 heteroatoms. The molecule has 0 aliphatic carbocycles. The fourth-order valence-corrected chi connectivity index (χ4v) is 4.45. The smallest absolute Gasteiger partial charge is 0.255 e. The highest BCUT2D eigenvalue weighted by Gasteiger charge is 2.16. The van der Waals surface area contributed by atoms with Crippen LogP contribution in [-0.4, -0.2) is 50.1 Å². The summed E-state index contributed by atoms with van der Waals surface area (Å²) in [6.45, 7) is 7.86. The summed E-state index contributed by atoms with van der Waals surface area (Å²) in [4.78, 5) is 17.3. The zero-order valence-corrected chi connectivity index (χ0v) is 19.0. The summed E-state index contributed by atoms with van der Waals surface area (Å²) in [5.74, 6) is 0.143. The summed E-state index contributed by atoms with van der Waals surface area (Å²) in [7, 11) is 0. The summed E-state index contributed by atoms with van der Waals surface area (Å²) >= 11 is 0. The number of nitrogens with one attached hydrogen (secondary N) is 1. The van der Waals surface area contributed by atoms with Crippen LogP contribution in [0.2, 0.25) is 0 Å². The Morgan fingerprint density at radius 1 is 1.03 bits per heavy atom. The van der Waals surface area contributed by atoms with Gasteiger partial charge in [0.1, 0.15) is 6.61 Å². The molecule has 5 nitrogen and oxygen atoms in total. The number of anilines is 2. The van der Waals surface area contributed by atoms with Crippen LogP contribution in [0.3, 0.4) is 0 Å². The lowest BCUT2D eigenvalue weighted by Gasteiger charge is -2.32. The Hall–Kier alpha value is -2.60. The van der Waals surface area contributed by atoms with E-state index in [-0.39, 0.29) is 17.2 Å². The number of rotatable bonds is 7. The maximum Gasteiger partial charge on any atom is 0.255 e. The Morgan fingerprint density at radius 2 is 1.75 bits per heavy atom. The van der Waals surface area contributed by atoms with Gasteiger partial charge in [-0.25, -0.2) is 4.39 Å². The van der Waals surface area contributed by atoms with Crippen LogP contribution in [-0.2, 0) is 0 Å². The summed E-state index contributed by atoms with van der Waals surface area (Å²) in [5.41, 5.74) is 2.15. The van der Waals surface area contributed by atoms with E-state index in [9.17, 15) is 9.18 Å². The van der Waals surface area contributed by atoms with Crippen LogP contribution in [0.1, 0.15) is 49.4 Å². The van der Waals surface area contributed by atoms with Crippen LogP contribution >= 0.6 is 0 Å². The molecule has 2 aromatic rings. The first-order valence-corrected chi connectivity index (χ1v) is 11.9. The zero-order valence-electron chi connectivity index (χ0n) is 19.0. The first-order valence-electron chi connectivity index (χ1n) is 11.9. The van der Waals surface area contributed by atoms with Gasteiger partial charge in [-0.1, -0.05) is 13.3 Å². The fraction of sp³-hybridized carbons (Fsp3) is 0.500. The van der Waals surface area contributed by atoms with Gasteiger partial charge in [-0.2, -0.15) is 0 Å². The maximum atomic E-state index is 14.5. The Bertz CT molecular complexity index is 888. The molecular weight excluding hydrogens is 405 g/mol. The van der Waals surface area contributed by atoms with E-state index in [0.29, 0.717) is 12.3 Å². The van der Waals surface area contributed by atoms with Crippen molar-refractivity contribution in [1.82, 2.24) is 4.90 Å². The molecule has 2 fully saturated rings. The van der Waals surface area contributed by atoms with Crippen molar-refractivity contribution in [2.45, 2.75) is 39.0 Å². The van der Waals surface area contributed by atoms with E-state index in [2.05, 4.69) is 22.0 Å². The summed E-state index contributed by atoms with van der Waals surface area (Å²) in [6.07, 6.45) is 6.15. The Kier molecular flexibility index (Phi) is 7.63. The second kappa shape index (κ2) is 10.8. The van der Waals surface area contributed by atoms with E-state index in [4.69, 9.17) is 4.74 Å². The molecule has 2 aromatic carbocycles. The van der Waals surface area contributed by atoms with Crippen LogP contribution in [0, 0.1) is 11.7 Å². The monoisotopic (exact) mass is 439 g/mol. The third-order valence-corrected chi connectivity index (χ3v) is 6.58. The summed E-state index contributed by atoms with van der Waals surface area (Å²) in [5, 5.41) is 2.86. The lowest BCUT2D eigenvalue weighted by molar-refractivity contribution is 0.102. The molecule has 2 aliphatic heterocycles. The van der Waals surface area contributed by atoms with Gasteiger partial charge in [0, 0.05) is 36.6 Å². The van der Waals surface area contributed by atoms with Crippen molar-refractivity contribution in [2.24, 2.45) is 5.92 Å². The Balaban J connectivity index is 1.28. The van der Waals surface area contributed by atoms with Crippen molar-refractivity contribution in [3.63, 3.8) is 0 Å². The molecule has 4 rings (SSSR count). The highest BCUT2D eigenvalue weighted by molar-refractivity contribution is 6.04. The van der Waals surface area contributed by atoms with Gasteiger partial charge in [0.15, 0.2) is 11.6 Å². The molecule has 32 heavy (non-hydrogen) atoms. The van der Waals surface area contributed by atoms with Crippen LogP contribution in [0.15, 0.2) is 42.5 Å². The second-order valence-corrected chi connectivity index (χ2v) is 9.07. The third-order valence-electron chi connectivity index (χ3n) is 6.58. The number of carbonyl (C=O) groups is 1. The predicted molar refractivity (Wildman–Crippen MR) is 127 cm³/mol. The lowest BCUT2D eigenvalue weighted by atomic mass is 9.99. The normalized spacial score (nSPS) is 17.9. The highest BCUT2D eigenvalue weighted by Crippen LogP contribution is 2.25. The van der Waals surface area contributed by atoms with Crippen LogP contribution in [0.25, 0.3) is 0 Å². The molecular formula is C26H34FN3O2. The van der Waals surface area contributed by atoms with Gasteiger partial charge < -0.3 is 15.0 Å². The number of nitrogens with zero attached hydrogens (tertiary/aromatic N) is 2. The standard InChI is InChI=1S/C26H34FN3O2/c1-20-11-15-30(16-12-20)23-8-6-22(7-9-23)28-26(31)21-5-10-25(24(27)19-21)32-18-17-29-13-3-2-4-14-29/h5-10,19-20H,2-4,11-18H2,1H3,(H,28,31). The molecule has 0 saturated carbocycles. The number of likely N-dealkylation sites (tertiary alicyclic amines) is 1. The minimum Gasteiger partial charge on any atom is -0.489 e. The average molecular weight is 440 g/mol. The van der Waals surface area contributed by atoms with Gasteiger partial charge in [0.25, 0.3) is 5.91 Å². The van der Waals surface area contributed by atoms with Gasteiger partial charge in [-0.15, -0.1) is 0 Å². The van der Waals surface area contributed by atoms with Gasteiger partial charge in [0.2, 0.25) is 0 Å². The number of halogens is 1. The molecule has 0 radical (unpaired) electrons. The van der Waals surface area contributed by atoms with Crippen molar-refractivity contribution in [3.8, 4) is 5.75 Å². The van der Waals surface area contributed by atoms with E-state index >= 15 is 0 Å². The maximum absolute atomic E-state index is 14.5. The SMILES string of the molecule is CC1CCN(c2ccc(NC(=O)c3ccc(OCCN4CCCCC4)c(F)c3)cc2)CC1. The summed E-state index contributed by atoms with van der Waals surface area (Å²) in [6, 6.07) is 12.3. The van der Waals surface area contributed by atoms with Crippen LogP contribution in [0.4, 0.5) is 15.8 Å². The Morgan fingerprint density at radius 3 is 2.44 bits per heavy atom. The minimum absolute atomic E-state index is 0.193. The van der Waals surface area contributed by atoms with Crippen molar-refractivity contribution in [2.75, 3.05) is 49.5 Å². The van der Waals surface area contributed by atoms with Crippen molar-refractivity contribution >= 4 is 17.3 Å². The van der Waals surface area contributed by atoms with E-state index in [0.717, 1.165) is 38.6 Å². The van der Waals surface area contributed by atoms with Crippen molar-refractivity contribution in [3.05, 3.63) is 53.8 Å². The van der Waals surface area contributed by atoms with Crippen molar-refractivity contribution < 1.29 is 13.9 Å². The molecule has 172 valence electrons. The zero-order chi connectivity index (χ0) is 22.3. The molecule has 2 heterocycles. The molecule has 2 saturated heterocycles. The minimum atomic E-state index is -0.508. The molecule has 1 amide bonds. The number of carbonyl (C=O) groups excluding carboxylic acids is 1. The largest absolute Gasteiger partial charge is 0.489 e. The van der Waals surface area contributed by atoms with E-state index in [1.54, 1.807) is 12.1 Å². The number of amides is 1. The van der Waals surface area contributed by atoms with Crippen LogP contribution in [0.5, 0.6) is 5.75 Å². The molecule has 0 aromatic heterocycles. The molecule has 0 unspecified atom stereocenters. The number of benzene rings is 2. The topological polar surface area (TPSA) is 44.8 Å². The molecule has 0 bridgehead atoms. The Labute approximate surface area is 190 Å². The van der Waals surface area contributed by atoms with Gasteiger partial charge >= 0.3 is 0 Å². The van der Waals surface area contributed by atoms with Crippen LogP contribution < -0.4 is 15.0 Å². The van der Waals surface area contributed by atoms with Gasteiger partial charge in [-0.05, 0) is 87.2 Å². The molecule has 1 N–H and O–H groups in total. The number of hydrogen-bond donors (Lipinski definition) is 1. The number of ether oxygens (including phenoxy) is 1. The first-order chi connectivity index (χ1) is 15.6. The quantitative estimate of drug-likeness (QED) is 0.646. The highest BCUT2D eigenvalue weighted by atomic mass is 19.1. The van der Waals surface area contributed by atoms with E-state index in [1.807, 2.05) is 24.3 Å². The van der Waals surface area contributed by atoms with Crippen molar-refractivity contribution in [1.29, 1.82) is 0 Å². The predicted octanol–water partition coefficient (Wildman–Crippen LogP) is 5.18. The molecule has 2 aliphatic rings. The van der Waals surface area contributed by atoms with Gasteiger partial charge in [-0.3, -0.25) is 9.69 Å². The number of hydrogen-bond acceptors (Lipinski definition) is 4.